The molecule has 12 aromatic rings. The summed E-state index contributed by atoms with van der Waals surface area (Å²) in [5.41, 5.74) is 14.3. The monoisotopic (exact) mass is 796 g/mol. The number of nitrogens with zero attached hydrogens (tertiary/aromatic N) is 2. The molecule has 292 valence electrons. The maximum Gasteiger partial charge on any atom is 0.143 e. The highest BCUT2D eigenvalue weighted by Gasteiger charge is 2.22. The predicted octanol–water partition coefficient (Wildman–Crippen LogP) is 16.4. The van der Waals surface area contributed by atoms with E-state index in [4.69, 9.17) is 4.42 Å². The van der Waals surface area contributed by atoms with Crippen LogP contribution in [0.4, 0.5) is 21.5 Å². The first-order valence-corrected chi connectivity index (χ1v) is 20.9. The van der Waals surface area contributed by atoms with Gasteiger partial charge in [0.05, 0.1) is 16.7 Å². The van der Waals surface area contributed by atoms with Gasteiger partial charge in [-0.25, -0.2) is 4.39 Å². The maximum atomic E-state index is 15.0. The highest BCUT2D eigenvalue weighted by Crippen LogP contribution is 2.46. The smallest absolute Gasteiger partial charge is 0.143 e. The van der Waals surface area contributed by atoms with Gasteiger partial charge in [-0.05, 0) is 99.8 Å². The van der Waals surface area contributed by atoms with Gasteiger partial charge in [-0.1, -0.05) is 158 Å². The molecule has 3 nitrogen and oxygen atoms in total. The van der Waals surface area contributed by atoms with E-state index in [0.29, 0.717) is 0 Å². The van der Waals surface area contributed by atoms with Crippen LogP contribution < -0.4 is 4.90 Å². The van der Waals surface area contributed by atoms with Crippen molar-refractivity contribution in [3.63, 3.8) is 0 Å². The fourth-order valence-electron chi connectivity index (χ4n) is 9.48. The van der Waals surface area contributed by atoms with Gasteiger partial charge in [-0.2, -0.15) is 0 Å². The van der Waals surface area contributed by atoms with Gasteiger partial charge in [0.1, 0.15) is 17.0 Å². The van der Waals surface area contributed by atoms with Crippen molar-refractivity contribution in [2.75, 3.05) is 4.90 Å². The zero-order chi connectivity index (χ0) is 41.1. The van der Waals surface area contributed by atoms with Gasteiger partial charge in [-0.15, -0.1) is 0 Å². The molecule has 0 amide bonds. The van der Waals surface area contributed by atoms with Crippen molar-refractivity contribution in [3.8, 4) is 39.1 Å². The van der Waals surface area contributed by atoms with Gasteiger partial charge in [0, 0.05) is 49.7 Å². The normalized spacial score (nSPS) is 11.6. The second kappa shape index (κ2) is 14.5. The van der Waals surface area contributed by atoms with Crippen molar-refractivity contribution in [1.29, 1.82) is 0 Å². The molecule has 0 aliphatic carbocycles. The number of fused-ring (bicyclic) bond motifs is 7. The summed E-state index contributed by atoms with van der Waals surface area (Å²) in [6.07, 6.45) is 0. The molecule has 0 aliphatic rings. The van der Waals surface area contributed by atoms with Crippen molar-refractivity contribution in [2.24, 2.45) is 0 Å². The molecule has 0 radical (unpaired) electrons. The minimum atomic E-state index is -0.266. The topological polar surface area (TPSA) is 21.3 Å². The van der Waals surface area contributed by atoms with E-state index in [2.05, 4.69) is 191 Å². The molecule has 0 saturated carbocycles. The lowest BCUT2D eigenvalue weighted by atomic mass is 9.91. The Morgan fingerprint density at radius 1 is 0.371 bits per heavy atom. The van der Waals surface area contributed by atoms with Crippen LogP contribution in [0.15, 0.2) is 229 Å². The zero-order valence-corrected chi connectivity index (χ0v) is 33.5. The van der Waals surface area contributed by atoms with Crippen molar-refractivity contribution in [2.45, 2.75) is 0 Å². The van der Waals surface area contributed by atoms with Crippen molar-refractivity contribution in [3.05, 3.63) is 230 Å². The Labute approximate surface area is 357 Å². The highest BCUT2D eigenvalue weighted by molar-refractivity contribution is 6.11. The second-order valence-electron chi connectivity index (χ2n) is 15.8. The van der Waals surface area contributed by atoms with Crippen LogP contribution >= 0.6 is 0 Å². The molecule has 10 aromatic carbocycles. The summed E-state index contributed by atoms with van der Waals surface area (Å²) >= 11 is 0. The van der Waals surface area contributed by atoms with E-state index in [9.17, 15) is 0 Å². The standard InChI is InChI=1S/C58H37FN2O/c59-40-30-33-51-50-21-7-10-26-55(50)61(56(51)36-40)43-17-12-16-42(37-43)60(41-31-28-39(29-32-41)45-23-13-24-53-52-22-8-11-27-57(52)62-58(45)53)54-25-9-6-20-49(54)48-35-34-44(38-14-2-1-3-15-38)46-18-4-5-19-47(46)48/h1-37H. The first-order chi connectivity index (χ1) is 30.7. The largest absolute Gasteiger partial charge is 0.455 e. The third-order valence-corrected chi connectivity index (χ3v) is 12.3. The fourth-order valence-corrected chi connectivity index (χ4v) is 9.48. The molecule has 0 saturated heterocycles. The summed E-state index contributed by atoms with van der Waals surface area (Å²) in [5.74, 6) is -0.266. The maximum absolute atomic E-state index is 15.0. The number of anilines is 3. The van der Waals surface area contributed by atoms with Gasteiger partial charge in [0.2, 0.25) is 0 Å². The van der Waals surface area contributed by atoms with Gasteiger partial charge < -0.3 is 13.9 Å². The number of furan rings is 1. The quantitative estimate of drug-likeness (QED) is 0.160. The molecule has 4 heteroatoms. The molecule has 0 atom stereocenters. The molecule has 2 heterocycles. The van der Waals surface area contributed by atoms with E-state index < -0.39 is 0 Å². The van der Waals surface area contributed by atoms with Crippen molar-refractivity contribution in [1.82, 2.24) is 4.57 Å². The molecule has 0 aliphatic heterocycles. The molecule has 2 aromatic heterocycles. The Morgan fingerprint density at radius 3 is 1.85 bits per heavy atom. The lowest BCUT2D eigenvalue weighted by Gasteiger charge is -2.29. The average molecular weight is 797 g/mol. The number of hydrogen-bond donors (Lipinski definition) is 0. The van der Waals surface area contributed by atoms with Crippen LogP contribution in [-0.4, -0.2) is 4.57 Å². The van der Waals surface area contributed by atoms with Crippen molar-refractivity contribution < 1.29 is 8.81 Å². The number of rotatable bonds is 7. The number of aromatic nitrogens is 1. The summed E-state index contributed by atoms with van der Waals surface area (Å²) in [5, 5.41) is 6.68. The first kappa shape index (κ1) is 35.7. The minimum absolute atomic E-state index is 0.266. The van der Waals surface area contributed by atoms with E-state index in [0.717, 1.165) is 88.7 Å². The predicted molar refractivity (Wildman–Crippen MR) is 257 cm³/mol. The van der Waals surface area contributed by atoms with E-state index in [-0.39, 0.29) is 5.82 Å². The van der Waals surface area contributed by atoms with E-state index in [1.807, 2.05) is 30.3 Å². The van der Waals surface area contributed by atoms with E-state index in [1.165, 1.54) is 21.9 Å². The number of hydrogen-bond acceptors (Lipinski definition) is 2. The molecule has 12 rings (SSSR count). The van der Waals surface area contributed by atoms with Crippen LogP contribution in [0.2, 0.25) is 0 Å². The molecule has 0 spiro atoms. The van der Waals surface area contributed by atoms with Gasteiger partial charge in [0.15, 0.2) is 0 Å². The molecule has 0 unspecified atom stereocenters. The van der Waals surface area contributed by atoms with Crippen LogP contribution in [0.1, 0.15) is 0 Å². The SMILES string of the molecule is Fc1ccc2c3ccccc3n(-c3cccc(N(c4ccc(-c5cccc6c5oc5ccccc56)cc4)c4ccccc4-c4ccc(-c5ccccc5)c5ccccc45)c3)c2c1. The molecule has 62 heavy (non-hydrogen) atoms. The van der Waals surface area contributed by atoms with Crippen LogP contribution in [0, 0.1) is 5.82 Å². The minimum Gasteiger partial charge on any atom is -0.455 e. The molecule has 0 N–H and O–H groups in total. The lowest BCUT2D eigenvalue weighted by Crippen LogP contribution is -2.12. The van der Waals surface area contributed by atoms with Crippen molar-refractivity contribution >= 4 is 71.6 Å². The van der Waals surface area contributed by atoms with Crippen LogP contribution in [0.25, 0.3) is 93.6 Å². The highest BCUT2D eigenvalue weighted by atomic mass is 19.1. The van der Waals surface area contributed by atoms with Gasteiger partial charge in [-0.3, -0.25) is 0 Å². The summed E-state index contributed by atoms with van der Waals surface area (Å²) in [4.78, 5) is 2.35. The zero-order valence-electron chi connectivity index (χ0n) is 33.5. The molecule has 0 bridgehead atoms. The second-order valence-corrected chi connectivity index (χ2v) is 15.8. The Balaban J connectivity index is 1.06. The summed E-state index contributed by atoms with van der Waals surface area (Å²) < 4.78 is 23.7. The van der Waals surface area contributed by atoms with Crippen LogP contribution in [0.3, 0.4) is 0 Å². The third-order valence-electron chi connectivity index (χ3n) is 12.3. The van der Waals surface area contributed by atoms with Crippen LogP contribution in [-0.2, 0) is 0 Å². The molecular formula is C58H37FN2O. The Kier molecular flexibility index (Phi) is 8.36. The first-order valence-electron chi connectivity index (χ1n) is 20.9. The number of para-hydroxylation sites is 4. The van der Waals surface area contributed by atoms with E-state index in [1.54, 1.807) is 12.1 Å². The molecular weight excluding hydrogens is 760 g/mol. The lowest BCUT2D eigenvalue weighted by molar-refractivity contribution is 0.629. The fraction of sp³-hybridized carbons (Fsp3) is 0. The Morgan fingerprint density at radius 2 is 1.00 bits per heavy atom. The number of halogens is 1. The summed E-state index contributed by atoms with van der Waals surface area (Å²) in [6, 6.07) is 77.8. The van der Waals surface area contributed by atoms with Gasteiger partial charge >= 0.3 is 0 Å². The third kappa shape index (κ3) is 5.80. The Hall–Kier alpha value is -8.21. The summed E-state index contributed by atoms with van der Waals surface area (Å²) in [6.45, 7) is 0. The van der Waals surface area contributed by atoms with E-state index >= 15 is 4.39 Å². The average Bonchev–Trinajstić information content (AvgIpc) is 3.88. The Bertz CT molecular complexity index is 3660. The van der Waals surface area contributed by atoms with Crippen LogP contribution in [0.5, 0.6) is 0 Å². The summed E-state index contributed by atoms with van der Waals surface area (Å²) in [7, 11) is 0. The number of benzene rings is 10. The van der Waals surface area contributed by atoms with Gasteiger partial charge in [0.25, 0.3) is 0 Å². The molecule has 0 fully saturated rings.